The molecule has 5 rings (SSSR count). The van der Waals surface area contributed by atoms with Crippen LogP contribution in [-0.4, -0.2) is 40.7 Å². The van der Waals surface area contributed by atoms with E-state index >= 15 is 0 Å². The summed E-state index contributed by atoms with van der Waals surface area (Å²) in [6.07, 6.45) is 6.38. The van der Waals surface area contributed by atoms with E-state index in [1.807, 2.05) is 35.2 Å². The number of para-hydroxylation sites is 1. The molecule has 1 aliphatic carbocycles. The van der Waals surface area contributed by atoms with Gasteiger partial charge in [-0.15, -0.1) is 0 Å². The van der Waals surface area contributed by atoms with E-state index in [2.05, 4.69) is 28.4 Å². The number of hydrogen-bond donors (Lipinski definition) is 1. The number of likely N-dealkylation sites (tertiary alicyclic amines) is 1. The molecule has 2 aromatic carbocycles. The number of aromatic amines is 1. The molecule has 3 aromatic rings. The van der Waals surface area contributed by atoms with Crippen molar-refractivity contribution < 1.29 is 9.53 Å². The Morgan fingerprint density at radius 1 is 1.12 bits per heavy atom. The Labute approximate surface area is 193 Å². The fraction of sp³-hybridized carbons (Fsp3) is 0.385. The molecule has 6 heteroatoms. The quantitative estimate of drug-likeness (QED) is 0.563. The van der Waals surface area contributed by atoms with Crippen LogP contribution < -0.4 is 4.74 Å². The van der Waals surface area contributed by atoms with E-state index in [4.69, 9.17) is 16.3 Å². The number of hydrogen-bond acceptors (Lipinski definition) is 3. The monoisotopic (exact) mass is 449 g/mol. The number of benzene rings is 2. The molecule has 0 saturated carbocycles. The van der Waals surface area contributed by atoms with Crippen molar-refractivity contribution in [3.63, 3.8) is 0 Å². The van der Waals surface area contributed by atoms with E-state index in [0.717, 1.165) is 55.7 Å². The number of carbonyl (C=O) groups is 1. The average Bonchev–Trinajstić information content (AvgIpc) is 3.49. The van der Waals surface area contributed by atoms with E-state index in [9.17, 15) is 4.79 Å². The van der Waals surface area contributed by atoms with E-state index in [0.29, 0.717) is 17.4 Å². The van der Waals surface area contributed by atoms with Crippen molar-refractivity contribution >= 4 is 17.5 Å². The van der Waals surface area contributed by atoms with Crippen LogP contribution in [0.4, 0.5) is 0 Å². The molecule has 1 aromatic heterocycles. The number of H-pyrrole nitrogens is 1. The van der Waals surface area contributed by atoms with Crippen LogP contribution in [-0.2, 0) is 19.3 Å². The maximum atomic E-state index is 13.1. The molecule has 1 atom stereocenters. The van der Waals surface area contributed by atoms with E-state index in [1.54, 1.807) is 0 Å². The fourth-order valence-electron chi connectivity index (χ4n) is 4.78. The molecule has 1 aliphatic heterocycles. The number of rotatable bonds is 6. The number of amides is 1. The first-order chi connectivity index (χ1) is 15.7. The maximum Gasteiger partial charge on any atom is 0.253 e. The minimum atomic E-state index is 0.143. The minimum absolute atomic E-state index is 0.143. The Morgan fingerprint density at radius 3 is 2.84 bits per heavy atom. The van der Waals surface area contributed by atoms with Gasteiger partial charge in [0.1, 0.15) is 5.75 Å². The van der Waals surface area contributed by atoms with Crippen molar-refractivity contribution in [2.45, 2.75) is 44.4 Å². The highest BCUT2D eigenvalue weighted by atomic mass is 35.5. The lowest BCUT2D eigenvalue weighted by Crippen LogP contribution is -2.28. The SMILES string of the molecule is O=C(c1ccc2c(c1)CCCC2)N1CC[C@H](c2cc(CCOc3ccccc3Cl)[nH]n2)C1. The van der Waals surface area contributed by atoms with Gasteiger partial charge in [-0.25, -0.2) is 0 Å². The first-order valence-corrected chi connectivity index (χ1v) is 11.9. The molecule has 0 spiro atoms. The van der Waals surface area contributed by atoms with Gasteiger partial charge in [-0.05, 0) is 73.6 Å². The summed E-state index contributed by atoms with van der Waals surface area (Å²) in [7, 11) is 0. The van der Waals surface area contributed by atoms with E-state index in [-0.39, 0.29) is 11.8 Å². The number of halogens is 1. The molecule has 2 heterocycles. The normalized spacial score (nSPS) is 17.9. The highest BCUT2D eigenvalue weighted by Gasteiger charge is 2.30. The Balaban J connectivity index is 1.17. The minimum Gasteiger partial charge on any atom is -0.492 e. The van der Waals surface area contributed by atoms with Gasteiger partial charge in [0.2, 0.25) is 0 Å². The molecule has 1 N–H and O–H groups in total. The van der Waals surface area contributed by atoms with Gasteiger partial charge in [-0.1, -0.05) is 29.8 Å². The molecule has 0 bridgehead atoms. The zero-order valence-corrected chi connectivity index (χ0v) is 18.9. The number of aromatic nitrogens is 2. The molecule has 2 aliphatic rings. The van der Waals surface area contributed by atoms with Crippen LogP contribution in [0.5, 0.6) is 5.75 Å². The van der Waals surface area contributed by atoms with Gasteiger partial charge in [0.15, 0.2) is 0 Å². The van der Waals surface area contributed by atoms with Gasteiger partial charge < -0.3 is 9.64 Å². The molecule has 1 saturated heterocycles. The lowest BCUT2D eigenvalue weighted by molar-refractivity contribution is 0.0790. The van der Waals surface area contributed by atoms with E-state index < -0.39 is 0 Å². The van der Waals surface area contributed by atoms with Crippen LogP contribution in [0.25, 0.3) is 0 Å². The standard InChI is InChI=1S/C26H28ClN3O2/c27-23-7-3-4-8-25(23)32-14-12-22-16-24(29-28-22)21-11-13-30(17-21)26(31)20-10-9-18-5-1-2-6-19(18)15-20/h3-4,7-10,15-16,21H,1-2,5-6,11-14,17H2,(H,28,29)/t21-/m0/s1. The molecule has 0 radical (unpaired) electrons. The van der Waals surface area contributed by atoms with Crippen molar-refractivity contribution in [2.75, 3.05) is 19.7 Å². The van der Waals surface area contributed by atoms with Crippen LogP contribution in [0.15, 0.2) is 48.5 Å². The summed E-state index contributed by atoms with van der Waals surface area (Å²) >= 11 is 6.14. The van der Waals surface area contributed by atoms with Gasteiger partial charge in [-0.3, -0.25) is 9.89 Å². The summed E-state index contributed by atoms with van der Waals surface area (Å²) in [4.78, 5) is 15.1. The number of fused-ring (bicyclic) bond motifs is 1. The van der Waals surface area contributed by atoms with Crippen molar-refractivity contribution in [3.05, 3.63) is 81.6 Å². The third-order valence-electron chi connectivity index (χ3n) is 6.61. The largest absolute Gasteiger partial charge is 0.492 e. The van der Waals surface area contributed by atoms with Gasteiger partial charge in [-0.2, -0.15) is 5.10 Å². The molecule has 0 unspecified atom stereocenters. The van der Waals surface area contributed by atoms with Crippen molar-refractivity contribution in [3.8, 4) is 5.75 Å². The Hall–Kier alpha value is -2.79. The topological polar surface area (TPSA) is 58.2 Å². The number of ether oxygens (including phenoxy) is 1. The van der Waals surface area contributed by atoms with Crippen molar-refractivity contribution in [2.24, 2.45) is 0 Å². The highest BCUT2D eigenvalue weighted by Crippen LogP contribution is 2.29. The number of nitrogens with zero attached hydrogens (tertiary/aromatic N) is 2. The second-order valence-electron chi connectivity index (χ2n) is 8.77. The van der Waals surface area contributed by atoms with Crippen LogP contribution in [0.2, 0.25) is 5.02 Å². The summed E-state index contributed by atoms with van der Waals surface area (Å²) in [5.74, 6) is 1.11. The average molecular weight is 450 g/mol. The van der Waals surface area contributed by atoms with Gasteiger partial charge in [0.05, 0.1) is 17.3 Å². The predicted molar refractivity (Wildman–Crippen MR) is 126 cm³/mol. The summed E-state index contributed by atoms with van der Waals surface area (Å²) < 4.78 is 5.78. The first kappa shape index (κ1) is 21.1. The van der Waals surface area contributed by atoms with Crippen molar-refractivity contribution in [1.82, 2.24) is 15.1 Å². The lowest BCUT2D eigenvalue weighted by Gasteiger charge is -2.19. The van der Waals surface area contributed by atoms with Crippen LogP contribution in [0, 0.1) is 0 Å². The van der Waals surface area contributed by atoms with Crippen molar-refractivity contribution in [1.29, 1.82) is 0 Å². The van der Waals surface area contributed by atoms with Gasteiger partial charge in [0, 0.05) is 36.7 Å². The smallest absolute Gasteiger partial charge is 0.253 e. The molecule has 5 nitrogen and oxygen atoms in total. The summed E-state index contributed by atoms with van der Waals surface area (Å²) in [6, 6.07) is 15.9. The maximum absolute atomic E-state index is 13.1. The molecule has 32 heavy (non-hydrogen) atoms. The molecule has 1 fully saturated rings. The summed E-state index contributed by atoms with van der Waals surface area (Å²) in [5, 5.41) is 8.27. The molecular weight excluding hydrogens is 422 g/mol. The second kappa shape index (κ2) is 9.37. The summed E-state index contributed by atoms with van der Waals surface area (Å²) in [6.45, 7) is 2.02. The molecular formula is C26H28ClN3O2. The predicted octanol–water partition coefficient (Wildman–Crippen LogP) is 5.19. The molecule has 1 amide bonds. The van der Waals surface area contributed by atoms with Gasteiger partial charge in [0.25, 0.3) is 5.91 Å². The van der Waals surface area contributed by atoms with E-state index in [1.165, 1.54) is 24.0 Å². The third kappa shape index (κ3) is 4.53. The second-order valence-corrected chi connectivity index (χ2v) is 9.18. The first-order valence-electron chi connectivity index (χ1n) is 11.5. The summed E-state index contributed by atoms with van der Waals surface area (Å²) in [5.41, 5.74) is 5.65. The fourth-order valence-corrected chi connectivity index (χ4v) is 4.97. The number of aryl methyl sites for hydroxylation is 2. The Kier molecular flexibility index (Phi) is 6.17. The number of carbonyl (C=O) groups excluding carboxylic acids is 1. The number of nitrogens with one attached hydrogen (secondary N) is 1. The zero-order chi connectivity index (χ0) is 21.9. The third-order valence-corrected chi connectivity index (χ3v) is 6.92. The zero-order valence-electron chi connectivity index (χ0n) is 18.1. The van der Waals surface area contributed by atoms with Crippen LogP contribution in [0.1, 0.15) is 58.1 Å². The Bertz CT molecular complexity index is 1110. The van der Waals surface area contributed by atoms with Crippen LogP contribution in [0.3, 0.4) is 0 Å². The van der Waals surface area contributed by atoms with Gasteiger partial charge >= 0.3 is 0 Å². The molecule has 166 valence electrons. The lowest BCUT2D eigenvalue weighted by atomic mass is 9.90. The Morgan fingerprint density at radius 2 is 1.97 bits per heavy atom. The van der Waals surface area contributed by atoms with Crippen LogP contribution >= 0.6 is 11.6 Å². The highest BCUT2D eigenvalue weighted by molar-refractivity contribution is 6.32.